The van der Waals surface area contributed by atoms with Crippen molar-refractivity contribution in [3.8, 4) is 0 Å². The lowest BCUT2D eigenvalue weighted by molar-refractivity contribution is -0.119. The summed E-state index contributed by atoms with van der Waals surface area (Å²) in [5.41, 5.74) is 0.724. The molecule has 3 fully saturated rings. The van der Waals surface area contributed by atoms with Crippen LogP contribution in [-0.4, -0.2) is 24.5 Å². The van der Waals surface area contributed by atoms with Crippen LogP contribution in [0.2, 0.25) is 0 Å². The van der Waals surface area contributed by atoms with Crippen molar-refractivity contribution in [2.45, 2.75) is 69.9 Å². The van der Waals surface area contributed by atoms with Crippen molar-refractivity contribution in [2.75, 3.05) is 6.54 Å². The SMILES string of the molecule is O=C1CC(NC2CCC3(CCCC3)CC2)CN1. The van der Waals surface area contributed by atoms with Crippen LogP contribution in [0.15, 0.2) is 0 Å². The lowest BCUT2D eigenvalue weighted by Crippen LogP contribution is -2.43. The predicted octanol–water partition coefficient (Wildman–Crippen LogP) is 1.97. The van der Waals surface area contributed by atoms with E-state index in [1.54, 1.807) is 0 Å². The van der Waals surface area contributed by atoms with Crippen LogP contribution in [0.4, 0.5) is 0 Å². The summed E-state index contributed by atoms with van der Waals surface area (Å²) in [5.74, 6) is 0.213. The van der Waals surface area contributed by atoms with E-state index in [-0.39, 0.29) is 5.91 Å². The normalized spacial score (nSPS) is 33.2. The maximum absolute atomic E-state index is 11.1. The number of hydrogen-bond donors (Lipinski definition) is 2. The highest BCUT2D eigenvalue weighted by Gasteiger charge is 2.38. The Morgan fingerprint density at radius 1 is 1.06 bits per heavy atom. The van der Waals surface area contributed by atoms with Gasteiger partial charge in [-0.25, -0.2) is 0 Å². The first kappa shape index (κ1) is 11.5. The largest absolute Gasteiger partial charge is 0.354 e. The van der Waals surface area contributed by atoms with E-state index >= 15 is 0 Å². The third-order valence-electron chi connectivity index (χ3n) is 5.16. The lowest BCUT2D eigenvalue weighted by atomic mass is 9.71. The minimum Gasteiger partial charge on any atom is -0.354 e. The van der Waals surface area contributed by atoms with Crippen molar-refractivity contribution >= 4 is 5.91 Å². The average Bonchev–Trinajstić information content (AvgIpc) is 2.93. The molecule has 1 aliphatic heterocycles. The van der Waals surface area contributed by atoms with Crippen molar-refractivity contribution in [2.24, 2.45) is 5.41 Å². The van der Waals surface area contributed by atoms with Gasteiger partial charge in [0.25, 0.3) is 0 Å². The molecule has 3 heteroatoms. The predicted molar refractivity (Wildman–Crippen MR) is 67.7 cm³/mol. The molecule has 1 amide bonds. The van der Waals surface area contributed by atoms with Gasteiger partial charge in [0.05, 0.1) is 0 Å². The zero-order valence-corrected chi connectivity index (χ0v) is 10.6. The first-order valence-electron chi connectivity index (χ1n) is 7.29. The van der Waals surface area contributed by atoms with E-state index < -0.39 is 0 Å². The molecule has 2 saturated carbocycles. The van der Waals surface area contributed by atoms with Crippen LogP contribution in [0.25, 0.3) is 0 Å². The number of carbonyl (C=O) groups is 1. The Kier molecular flexibility index (Phi) is 3.12. The molecule has 17 heavy (non-hydrogen) atoms. The standard InChI is InChI=1S/C14H24N2O/c17-13-9-12(10-15-13)16-11-3-7-14(8-4-11)5-1-2-6-14/h11-12,16H,1-10H2,(H,15,17). The number of hydrogen-bond acceptors (Lipinski definition) is 2. The third-order valence-corrected chi connectivity index (χ3v) is 5.16. The van der Waals surface area contributed by atoms with E-state index in [0.717, 1.165) is 12.0 Å². The summed E-state index contributed by atoms with van der Waals surface area (Å²) in [6, 6.07) is 1.06. The van der Waals surface area contributed by atoms with Crippen molar-refractivity contribution in [1.82, 2.24) is 10.6 Å². The second-order valence-electron chi connectivity index (χ2n) is 6.35. The maximum atomic E-state index is 11.1. The highest BCUT2D eigenvalue weighted by atomic mass is 16.1. The van der Waals surface area contributed by atoms with Crippen LogP contribution in [0.3, 0.4) is 0 Å². The van der Waals surface area contributed by atoms with Gasteiger partial charge in [-0.05, 0) is 43.9 Å². The van der Waals surface area contributed by atoms with E-state index in [1.165, 1.54) is 51.4 Å². The van der Waals surface area contributed by atoms with Gasteiger partial charge in [-0.1, -0.05) is 12.8 Å². The molecule has 1 saturated heterocycles. The van der Waals surface area contributed by atoms with Crippen molar-refractivity contribution in [1.29, 1.82) is 0 Å². The summed E-state index contributed by atoms with van der Waals surface area (Å²) >= 11 is 0. The van der Waals surface area contributed by atoms with Gasteiger partial charge < -0.3 is 10.6 Å². The van der Waals surface area contributed by atoms with Gasteiger partial charge in [-0.3, -0.25) is 4.79 Å². The molecular formula is C14H24N2O. The Balaban J connectivity index is 1.46. The molecular weight excluding hydrogens is 212 g/mol. The molecule has 3 nitrogen and oxygen atoms in total. The highest BCUT2D eigenvalue weighted by molar-refractivity contribution is 5.78. The first-order chi connectivity index (χ1) is 8.26. The van der Waals surface area contributed by atoms with Crippen molar-refractivity contribution in [3.05, 3.63) is 0 Å². The molecule has 3 rings (SSSR count). The lowest BCUT2D eigenvalue weighted by Gasteiger charge is -2.38. The van der Waals surface area contributed by atoms with Gasteiger partial charge in [0.15, 0.2) is 0 Å². The maximum Gasteiger partial charge on any atom is 0.221 e. The number of amides is 1. The molecule has 2 N–H and O–H groups in total. The van der Waals surface area contributed by atoms with Crippen LogP contribution < -0.4 is 10.6 Å². The van der Waals surface area contributed by atoms with Crippen LogP contribution in [-0.2, 0) is 4.79 Å². The summed E-state index contributed by atoms with van der Waals surface area (Å²) in [4.78, 5) is 11.1. The zero-order valence-electron chi connectivity index (χ0n) is 10.6. The van der Waals surface area contributed by atoms with E-state index in [2.05, 4.69) is 10.6 Å². The Morgan fingerprint density at radius 2 is 1.76 bits per heavy atom. The van der Waals surface area contributed by atoms with Crippen LogP contribution in [0.1, 0.15) is 57.8 Å². The van der Waals surface area contributed by atoms with Gasteiger partial charge in [0, 0.05) is 25.0 Å². The molecule has 0 aromatic rings. The Hall–Kier alpha value is -0.570. The van der Waals surface area contributed by atoms with Gasteiger partial charge >= 0.3 is 0 Å². The Morgan fingerprint density at radius 3 is 2.35 bits per heavy atom. The molecule has 96 valence electrons. The highest BCUT2D eigenvalue weighted by Crippen LogP contribution is 2.48. The van der Waals surface area contributed by atoms with E-state index in [4.69, 9.17) is 0 Å². The number of nitrogens with one attached hydrogen (secondary N) is 2. The van der Waals surface area contributed by atoms with Crippen LogP contribution in [0.5, 0.6) is 0 Å². The van der Waals surface area contributed by atoms with Gasteiger partial charge in [0.1, 0.15) is 0 Å². The molecule has 0 bridgehead atoms. The summed E-state index contributed by atoms with van der Waals surface area (Å²) in [7, 11) is 0. The van der Waals surface area contributed by atoms with Crippen LogP contribution >= 0.6 is 0 Å². The first-order valence-corrected chi connectivity index (χ1v) is 7.29. The quantitative estimate of drug-likeness (QED) is 0.769. The fourth-order valence-electron chi connectivity index (χ4n) is 4.08. The topological polar surface area (TPSA) is 41.1 Å². The van der Waals surface area contributed by atoms with E-state index in [9.17, 15) is 4.79 Å². The van der Waals surface area contributed by atoms with E-state index in [1.807, 2.05) is 0 Å². The second kappa shape index (κ2) is 4.60. The minimum atomic E-state index is 0.213. The fourth-order valence-corrected chi connectivity index (χ4v) is 4.08. The summed E-state index contributed by atoms with van der Waals surface area (Å²) in [6.45, 7) is 0.834. The number of rotatable bonds is 2. The molecule has 1 unspecified atom stereocenters. The molecule has 2 aliphatic carbocycles. The average molecular weight is 236 g/mol. The summed E-state index contributed by atoms with van der Waals surface area (Å²) in [5, 5.41) is 6.58. The van der Waals surface area contributed by atoms with Gasteiger partial charge in [0.2, 0.25) is 5.91 Å². The number of carbonyl (C=O) groups excluding carboxylic acids is 1. The molecule has 3 aliphatic rings. The Bertz CT molecular complexity index is 287. The molecule has 0 aromatic heterocycles. The molecule has 1 atom stereocenters. The second-order valence-corrected chi connectivity index (χ2v) is 6.35. The molecule has 1 heterocycles. The molecule has 1 spiro atoms. The third kappa shape index (κ3) is 2.49. The van der Waals surface area contributed by atoms with E-state index in [0.29, 0.717) is 18.5 Å². The smallest absolute Gasteiger partial charge is 0.221 e. The monoisotopic (exact) mass is 236 g/mol. The van der Waals surface area contributed by atoms with Gasteiger partial charge in [-0.2, -0.15) is 0 Å². The van der Waals surface area contributed by atoms with Crippen LogP contribution in [0, 0.1) is 5.41 Å². The molecule has 0 radical (unpaired) electrons. The summed E-state index contributed by atoms with van der Waals surface area (Å²) in [6.07, 6.45) is 12.0. The van der Waals surface area contributed by atoms with Crippen molar-refractivity contribution < 1.29 is 4.79 Å². The summed E-state index contributed by atoms with van der Waals surface area (Å²) < 4.78 is 0. The molecule has 0 aromatic carbocycles. The zero-order chi connectivity index (χ0) is 11.7. The fraction of sp³-hybridized carbons (Fsp3) is 0.929. The van der Waals surface area contributed by atoms with Crippen molar-refractivity contribution in [3.63, 3.8) is 0 Å². The minimum absolute atomic E-state index is 0.213. The Labute approximate surface area is 104 Å². The van der Waals surface area contributed by atoms with Gasteiger partial charge in [-0.15, -0.1) is 0 Å².